The molecule has 1 heterocycles. The highest BCUT2D eigenvalue weighted by atomic mass is 16.3. The number of anilines is 1. The molecule has 10 heteroatoms. The van der Waals surface area contributed by atoms with Gasteiger partial charge in [-0.2, -0.15) is 0 Å². The molecule has 0 radical (unpaired) electrons. The Hall–Kier alpha value is -4.05. The zero-order valence-corrected chi connectivity index (χ0v) is 19.9. The van der Waals surface area contributed by atoms with Crippen molar-refractivity contribution in [3.63, 3.8) is 0 Å². The van der Waals surface area contributed by atoms with E-state index in [1.54, 1.807) is 0 Å². The normalized spacial score (nSPS) is 25.4. The molecule has 6 N–H and O–H groups in total. The molecule has 3 aliphatic carbocycles. The number of amides is 1. The molecule has 3 atom stereocenters. The van der Waals surface area contributed by atoms with Gasteiger partial charge in [0, 0.05) is 55.7 Å². The SMILES string of the molecule is CN(C)c1cc(Cn2cccc2)c(O)c2c1CC1CC3CC(=O)C(C(N)=O)=C(O)[C@@]3(O)C(=O)C1=C2O. The summed E-state index contributed by atoms with van der Waals surface area (Å²) in [5, 5.41) is 44.7. The number of primary amides is 1. The summed E-state index contributed by atoms with van der Waals surface area (Å²) in [5.41, 5.74) is 3.71. The van der Waals surface area contributed by atoms with E-state index in [1.165, 1.54) is 0 Å². The maximum absolute atomic E-state index is 13.7. The number of carbonyl (C=O) groups excluding carboxylic acids is 3. The topological polar surface area (TPSA) is 166 Å². The Morgan fingerprint density at radius 3 is 2.44 bits per heavy atom. The van der Waals surface area contributed by atoms with Crippen molar-refractivity contribution in [2.75, 3.05) is 19.0 Å². The number of hydrogen-bond acceptors (Lipinski definition) is 8. The third-order valence-electron chi connectivity index (χ3n) is 7.62. The molecule has 1 aromatic carbocycles. The van der Waals surface area contributed by atoms with Gasteiger partial charge in [-0.1, -0.05) is 0 Å². The number of hydrogen-bond donors (Lipinski definition) is 5. The summed E-state index contributed by atoms with van der Waals surface area (Å²) in [6, 6.07) is 5.53. The second-order valence-electron chi connectivity index (χ2n) is 9.91. The summed E-state index contributed by atoms with van der Waals surface area (Å²) < 4.78 is 1.85. The lowest BCUT2D eigenvalue weighted by molar-refractivity contribution is -0.147. The van der Waals surface area contributed by atoms with E-state index in [4.69, 9.17) is 5.73 Å². The van der Waals surface area contributed by atoms with Crippen LogP contribution >= 0.6 is 0 Å². The van der Waals surface area contributed by atoms with E-state index in [2.05, 4.69) is 0 Å². The van der Waals surface area contributed by atoms with Crippen molar-refractivity contribution < 1.29 is 34.8 Å². The molecule has 1 amide bonds. The van der Waals surface area contributed by atoms with Gasteiger partial charge in [0.1, 0.15) is 22.8 Å². The fourth-order valence-corrected chi connectivity index (χ4v) is 5.92. The van der Waals surface area contributed by atoms with Crippen LogP contribution in [0.2, 0.25) is 0 Å². The Morgan fingerprint density at radius 2 is 1.83 bits per heavy atom. The third kappa shape index (κ3) is 3.17. The molecular weight excluding hydrogens is 466 g/mol. The Balaban J connectivity index is 1.71. The number of fused-ring (bicyclic) bond motifs is 3. The summed E-state index contributed by atoms with van der Waals surface area (Å²) in [7, 11) is 3.67. The molecule has 36 heavy (non-hydrogen) atoms. The monoisotopic (exact) mass is 493 g/mol. The van der Waals surface area contributed by atoms with Gasteiger partial charge < -0.3 is 35.6 Å². The van der Waals surface area contributed by atoms with E-state index >= 15 is 0 Å². The predicted molar refractivity (Wildman–Crippen MR) is 129 cm³/mol. The number of rotatable bonds is 4. The van der Waals surface area contributed by atoms with Crippen molar-refractivity contribution in [2.45, 2.75) is 31.4 Å². The number of aliphatic hydroxyl groups is 3. The molecule has 2 aromatic rings. The maximum Gasteiger partial charge on any atom is 0.255 e. The average Bonchev–Trinajstić information content (AvgIpc) is 3.30. The number of benzene rings is 1. The van der Waals surface area contributed by atoms with E-state index < -0.39 is 52.0 Å². The van der Waals surface area contributed by atoms with E-state index in [-0.39, 0.29) is 36.1 Å². The van der Waals surface area contributed by atoms with Gasteiger partial charge in [-0.15, -0.1) is 0 Å². The van der Waals surface area contributed by atoms with Crippen LogP contribution in [-0.4, -0.2) is 62.2 Å². The van der Waals surface area contributed by atoms with Crippen LogP contribution in [-0.2, 0) is 27.3 Å². The molecule has 5 rings (SSSR count). The van der Waals surface area contributed by atoms with Crippen LogP contribution < -0.4 is 10.6 Å². The second kappa shape index (κ2) is 7.99. The molecule has 1 aromatic heterocycles. The van der Waals surface area contributed by atoms with E-state index in [1.807, 2.05) is 54.2 Å². The van der Waals surface area contributed by atoms with E-state index in [9.17, 15) is 34.8 Å². The number of phenols is 1. The zero-order valence-electron chi connectivity index (χ0n) is 19.9. The molecule has 0 aliphatic heterocycles. The van der Waals surface area contributed by atoms with Gasteiger partial charge in [-0.05, 0) is 42.5 Å². The molecule has 0 spiro atoms. The van der Waals surface area contributed by atoms with Crippen LogP contribution in [0.15, 0.2) is 47.5 Å². The fraction of sp³-hybridized carbons (Fsp3) is 0.346. The first kappa shape index (κ1) is 23.7. The first-order valence-corrected chi connectivity index (χ1v) is 11.6. The van der Waals surface area contributed by atoms with E-state index in [0.29, 0.717) is 17.7 Å². The quantitative estimate of drug-likeness (QED) is 0.398. The molecule has 1 fully saturated rings. The zero-order chi connectivity index (χ0) is 26.1. The van der Waals surface area contributed by atoms with Crippen molar-refractivity contribution in [1.29, 1.82) is 0 Å². The molecule has 2 unspecified atom stereocenters. The highest BCUT2D eigenvalue weighted by molar-refractivity contribution is 6.22. The van der Waals surface area contributed by atoms with Crippen molar-refractivity contribution in [3.05, 3.63) is 64.2 Å². The van der Waals surface area contributed by atoms with Gasteiger partial charge in [0.05, 0.1) is 12.1 Å². The first-order valence-electron chi connectivity index (χ1n) is 11.6. The van der Waals surface area contributed by atoms with Crippen LogP contribution in [0.1, 0.15) is 29.5 Å². The van der Waals surface area contributed by atoms with Gasteiger partial charge in [0.15, 0.2) is 11.4 Å². The lowest BCUT2D eigenvalue weighted by atomic mass is 9.59. The van der Waals surface area contributed by atoms with Crippen molar-refractivity contribution in [3.8, 4) is 5.75 Å². The fourth-order valence-electron chi connectivity index (χ4n) is 5.92. The summed E-state index contributed by atoms with van der Waals surface area (Å²) in [6.45, 7) is 0.312. The summed E-state index contributed by atoms with van der Waals surface area (Å²) in [5.74, 6) is -6.30. The van der Waals surface area contributed by atoms with Gasteiger partial charge in [0.25, 0.3) is 5.91 Å². The van der Waals surface area contributed by atoms with Crippen molar-refractivity contribution >= 4 is 28.9 Å². The second-order valence-corrected chi connectivity index (χ2v) is 9.91. The Morgan fingerprint density at radius 1 is 1.17 bits per heavy atom. The van der Waals surface area contributed by atoms with Crippen LogP contribution in [0.4, 0.5) is 5.69 Å². The number of aromatic hydroxyl groups is 1. The average molecular weight is 494 g/mol. The Labute approximate surface area is 206 Å². The summed E-state index contributed by atoms with van der Waals surface area (Å²) in [4.78, 5) is 39.8. The Bertz CT molecular complexity index is 1390. The lowest BCUT2D eigenvalue weighted by Gasteiger charge is -2.46. The highest BCUT2D eigenvalue weighted by Gasteiger charge is 2.60. The van der Waals surface area contributed by atoms with Crippen molar-refractivity contribution in [1.82, 2.24) is 4.57 Å². The molecule has 0 saturated heterocycles. The minimum Gasteiger partial charge on any atom is -0.508 e. The number of nitrogens with two attached hydrogens (primary N) is 1. The third-order valence-corrected chi connectivity index (χ3v) is 7.62. The highest BCUT2D eigenvalue weighted by Crippen LogP contribution is 2.53. The number of aromatic nitrogens is 1. The molecular formula is C26H27N3O7. The largest absolute Gasteiger partial charge is 0.508 e. The predicted octanol–water partition coefficient (Wildman–Crippen LogP) is 1.34. The number of carbonyl (C=O) groups is 3. The van der Waals surface area contributed by atoms with Crippen LogP contribution in [0, 0.1) is 11.8 Å². The van der Waals surface area contributed by atoms with E-state index in [0.717, 1.165) is 5.69 Å². The molecule has 1 saturated carbocycles. The lowest BCUT2D eigenvalue weighted by Crippen LogP contribution is -2.58. The molecule has 10 nitrogen and oxygen atoms in total. The van der Waals surface area contributed by atoms with Crippen LogP contribution in [0.3, 0.4) is 0 Å². The van der Waals surface area contributed by atoms with Crippen LogP contribution in [0.25, 0.3) is 5.76 Å². The molecule has 3 aliphatic rings. The van der Waals surface area contributed by atoms with Gasteiger partial charge in [0.2, 0.25) is 5.78 Å². The first-order chi connectivity index (χ1) is 17.0. The standard InChI is InChI=1S/C26H27N3O7/c1-28(2)16-9-13(11-29-5-3-4-6-29)21(31)19-15(16)8-12-7-14-10-17(30)20(25(27)35)24(34)26(14,36)23(33)18(12)22(19)32/h3-6,9,12,14,31-32,34,36H,7-8,10-11H2,1-2H3,(H2,27,35)/t12?,14?,26-/m0/s1. The smallest absolute Gasteiger partial charge is 0.255 e. The Kier molecular flexibility index (Phi) is 5.26. The van der Waals surface area contributed by atoms with Gasteiger partial charge in [-0.3, -0.25) is 14.4 Å². The maximum atomic E-state index is 13.7. The van der Waals surface area contributed by atoms with Crippen LogP contribution in [0.5, 0.6) is 5.75 Å². The number of phenolic OH excluding ortho intramolecular Hbond substituents is 1. The number of ketones is 2. The van der Waals surface area contributed by atoms with Gasteiger partial charge >= 0.3 is 0 Å². The minimum absolute atomic E-state index is 0.0930. The minimum atomic E-state index is -2.57. The number of nitrogens with zero attached hydrogens (tertiary/aromatic N) is 2. The summed E-state index contributed by atoms with van der Waals surface area (Å²) in [6.07, 6.45) is 3.68. The number of aliphatic hydroxyl groups excluding tert-OH is 2. The molecule has 0 bridgehead atoms. The summed E-state index contributed by atoms with van der Waals surface area (Å²) >= 11 is 0. The molecule has 188 valence electrons. The number of Topliss-reactive ketones (excluding diaryl/α,β-unsaturated/α-hetero) is 2. The van der Waals surface area contributed by atoms with Crippen molar-refractivity contribution in [2.24, 2.45) is 17.6 Å². The van der Waals surface area contributed by atoms with Gasteiger partial charge in [-0.25, -0.2) is 0 Å².